The fraction of sp³-hybridized carbons (Fsp3) is 0.467. The summed E-state index contributed by atoms with van der Waals surface area (Å²) in [4.78, 5) is 4.60. The summed E-state index contributed by atoms with van der Waals surface area (Å²) in [5, 5.41) is 8.37. The Morgan fingerprint density at radius 2 is 2.15 bits per heavy atom. The molecule has 0 saturated carbocycles. The van der Waals surface area contributed by atoms with E-state index in [-0.39, 0.29) is 5.54 Å². The Bertz CT molecular complexity index is 573. The Labute approximate surface area is 123 Å². The van der Waals surface area contributed by atoms with Crippen molar-refractivity contribution in [3.63, 3.8) is 0 Å². The third kappa shape index (κ3) is 2.45. The quantitative estimate of drug-likeness (QED) is 0.931. The molecular weight excluding hydrogens is 274 g/mol. The molecule has 0 radical (unpaired) electrons. The zero-order chi connectivity index (χ0) is 14.0. The average molecular weight is 292 g/mol. The average Bonchev–Trinajstić information content (AvgIpc) is 3.09. The summed E-state index contributed by atoms with van der Waals surface area (Å²) in [5.74, 6) is 1.34. The molecule has 0 amide bonds. The maximum Gasteiger partial charge on any atom is 0.247 e. The third-order valence-electron chi connectivity index (χ3n) is 3.86. The topological polar surface area (TPSA) is 51.0 Å². The number of hydrogen-bond acceptors (Lipinski definition) is 4. The fourth-order valence-corrected chi connectivity index (χ4v) is 3.00. The highest BCUT2D eigenvalue weighted by molar-refractivity contribution is 6.30. The van der Waals surface area contributed by atoms with Crippen LogP contribution in [0.5, 0.6) is 0 Å². The Morgan fingerprint density at radius 3 is 2.80 bits per heavy atom. The summed E-state index contributed by atoms with van der Waals surface area (Å²) in [7, 11) is 0. The second-order valence-corrected chi connectivity index (χ2v) is 5.73. The molecular formula is C15H18ClN3O. The normalized spacial score (nSPS) is 22.3. The first-order valence-electron chi connectivity index (χ1n) is 7.09. The Morgan fingerprint density at radius 1 is 1.35 bits per heavy atom. The van der Waals surface area contributed by atoms with Crippen LogP contribution in [0.2, 0.25) is 5.02 Å². The van der Waals surface area contributed by atoms with E-state index in [9.17, 15) is 0 Å². The van der Waals surface area contributed by atoms with E-state index in [1.807, 2.05) is 24.3 Å². The van der Waals surface area contributed by atoms with E-state index in [1.54, 1.807) is 0 Å². The fourth-order valence-electron chi connectivity index (χ4n) is 2.87. The van der Waals surface area contributed by atoms with Gasteiger partial charge in [0.05, 0.1) is 5.54 Å². The lowest BCUT2D eigenvalue weighted by atomic mass is 9.92. The monoisotopic (exact) mass is 291 g/mol. The van der Waals surface area contributed by atoms with E-state index in [2.05, 4.69) is 22.4 Å². The molecule has 20 heavy (non-hydrogen) atoms. The van der Waals surface area contributed by atoms with Crippen LogP contribution in [0.4, 0.5) is 0 Å². The molecule has 1 unspecified atom stereocenters. The van der Waals surface area contributed by atoms with Gasteiger partial charge in [-0.15, -0.1) is 0 Å². The summed E-state index contributed by atoms with van der Waals surface area (Å²) in [6.45, 7) is 3.19. The molecule has 1 aliphatic heterocycles. The molecule has 2 heterocycles. The zero-order valence-electron chi connectivity index (χ0n) is 11.5. The van der Waals surface area contributed by atoms with Crippen molar-refractivity contribution in [2.75, 3.05) is 6.54 Å². The van der Waals surface area contributed by atoms with E-state index in [0.29, 0.717) is 16.7 Å². The largest absolute Gasteiger partial charge is 0.337 e. The minimum Gasteiger partial charge on any atom is -0.337 e. The van der Waals surface area contributed by atoms with Crippen molar-refractivity contribution in [3.8, 4) is 11.4 Å². The van der Waals surface area contributed by atoms with Crippen molar-refractivity contribution in [2.24, 2.45) is 0 Å². The van der Waals surface area contributed by atoms with Gasteiger partial charge in [0, 0.05) is 10.6 Å². The summed E-state index contributed by atoms with van der Waals surface area (Å²) in [5.41, 5.74) is 0.793. The van der Waals surface area contributed by atoms with Crippen LogP contribution in [0, 0.1) is 0 Å². The van der Waals surface area contributed by atoms with Gasteiger partial charge in [0.15, 0.2) is 0 Å². The van der Waals surface area contributed by atoms with Crippen LogP contribution in [0.15, 0.2) is 28.8 Å². The van der Waals surface area contributed by atoms with Crippen LogP contribution in [-0.2, 0) is 5.54 Å². The smallest absolute Gasteiger partial charge is 0.247 e. The van der Waals surface area contributed by atoms with Gasteiger partial charge in [-0.2, -0.15) is 4.98 Å². The summed E-state index contributed by atoms with van der Waals surface area (Å²) >= 11 is 5.90. The molecule has 0 aliphatic carbocycles. The predicted octanol–water partition coefficient (Wildman–Crippen LogP) is 3.77. The van der Waals surface area contributed by atoms with Gasteiger partial charge >= 0.3 is 0 Å². The van der Waals surface area contributed by atoms with Gasteiger partial charge in [-0.3, -0.25) is 0 Å². The molecule has 1 aromatic carbocycles. The maximum atomic E-state index is 5.90. The Kier molecular flexibility index (Phi) is 3.76. The van der Waals surface area contributed by atoms with E-state index in [0.717, 1.165) is 37.8 Å². The first-order chi connectivity index (χ1) is 9.73. The second-order valence-electron chi connectivity index (χ2n) is 5.29. The van der Waals surface area contributed by atoms with Crippen LogP contribution in [0.1, 0.15) is 38.5 Å². The lowest BCUT2D eigenvalue weighted by Crippen LogP contribution is -2.36. The van der Waals surface area contributed by atoms with Crippen LogP contribution in [0.3, 0.4) is 0 Å². The van der Waals surface area contributed by atoms with Crippen LogP contribution >= 0.6 is 11.6 Å². The van der Waals surface area contributed by atoms with Gasteiger partial charge in [0.2, 0.25) is 11.7 Å². The van der Waals surface area contributed by atoms with Crippen molar-refractivity contribution < 1.29 is 4.52 Å². The number of aromatic nitrogens is 2. The summed E-state index contributed by atoms with van der Waals surface area (Å²) < 4.78 is 5.53. The SMILES string of the molecule is CCCC1(c2nc(-c3ccc(Cl)cc3)no2)CCCN1. The molecule has 1 saturated heterocycles. The minimum atomic E-state index is -0.133. The van der Waals surface area contributed by atoms with Gasteiger partial charge in [-0.1, -0.05) is 30.1 Å². The second kappa shape index (κ2) is 5.54. The molecule has 0 spiro atoms. The summed E-state index contributed by atoms with van der Waals surface area (Å²) in [6.07, 6.45) is 4.32. The molecule has 2 aromatic rings. The van der Waals surface area contributed by atoms with Crippen LogP contribution in [-0.4, -0.2) is 16.7 Å². The van der Waals surface area contributed by atoms with Gasteiger partial charge < -0.3 is 9.84 Å². The van der Waals surface area contributed by atoms with Crippen molar-refractivity contribution >= 4 is 11.6 Å². The van der Waals surface area contributed by atoms with Crippen LogP contribution in [0.25, 0.3) is 11.4 Å². The molecule has 3 rings (SSSR count). The first-order valence-corrected chi connectivity index (χ1v) is 7.46. The van der Waals surface area contributed by atoms with Crippen molar-refractivity contribution in [1.29, 1.82) is 0 Å². The van der Waals surface area contributed by atoms with Gasteiger partial charge in [0.1, 0.15) is 0 Å². The molecule has 4 nitrogen and oxygen atoms in total. The molecule has 1 fully saturated rings. The first kappa shape index (κ1) is 13.6. The minimum absolute atomic E-state index is 0.133. The highest BCUT2D eigenvalue weighted by Gasteiger charge is 2.39. The lowest BCUT2D eigenvalue weighted by Gasteiger charge is -2.24. The molecule has 1 N–H and O–H groups in total. The molecule has 1 aliphatic rings. The third-order valence-corrected chi connectivity index (χ3v) is 4.11. The number of benzene rings is 1. The van der Waals surface area contributed by atoms with Crippen molar-refractivity contribution in [3.05, 3.63) is 35.2 Å². The molecule has 5 heteroatoms. The maximum absolute atomic E-state index is 5.90. The lowest BCUT2D eigenvalue weighted by molar-refractivity contribution is 0.241. The molecule has 1 aromatic heterocycles. The number of nitrogens with one attached hydrogen (secondary N) is 1. The van der Waals surface area contributed by atoms with E-state index < -0.39 is 0 Å². The highest BCUT2D eigenvalue weighted by Crippen LogP contribution is 2.35. The summed E-state index contributed by atoms with van der Waals surface area (Å²) in [6, 6.07) is 7.49. The predicted molar refractivity (Wildman–Crippen MR) is 78.6 cm³/mol. The van der Waals surface area contributed by atoms with E-state index in [4.69, 9.17) is 16.1 Å². The van der Waals surface area contributed by atoms with E-state index >= 15 is 0 Å². The Balaban J connectivity index is 1.91. The van der Waals surface area contributed by atoms with Gasteiger partial charge in [-0.05, 0) is 50.1 Å². The molecule has 106 valence electrons. The highest BCUT2D eigenvalue weighted by atomic mass is 35.5. The number of rotatable bonds is 4. The molecule has 1 atom stereocenters. The number of halogens is 1. The zero-order valence-corrected chi connectivity index (χ0v) is 12.3. The Hall–Kier alpha value is -1.39. The number of nitrogens with zero attached hydrogens (tertiary/aromatic N) is 2. The van der Waals surface area contributed by atoms with Gasteiger partial charge in [-0.25, -0.2) is 0 Å². The van der Waals surface area contributed by atoms with Crippen molar-refractivity contribution in [2.45, 2.75) is 38.1 Å². The van der Waals surface area contributed by atoms with E-state index in [1.165, 1.54) is 0 Å². The molecule has 0 bridgehead atoms. The van der Waals surface area contributed by atoms with Crippen LogP contribution < -0.4 is 5.32 Å². The van der Waals surface area contributed by atoms with Crippen molar-refractivity contribution in [1.82, 2.24) is 15.5 Å². The van der Waals surface area contributed by atoms with Gasteiger partial charge in [0.25, 0.3) is 0 Å². The standard InChI is InChI=1S/C15H18ClN3O/c1-2-8-15(9-3-10-17-15)14-18-13(19-20-14)11-4-6-12(16)7-5-11/h4-7,17H,2-3,8-10H2,1H3. The number of hydrogen-bond donors (Lipinski definition) is 1.